The molecule has 0 saturated heterocycles. The Labute approximate surface area is 87.1 Å². The number of nitrogens with one attached hydrogen (secondary N) is 1. The van der Waals surface area contributed by atoms with Crippen LogP contribution in [0.5, 0.6) is 0 Å². The second-order valence-electron chi connectivity index (χ2n) is 4.21. The van der Waals surface area contributed by atoms with Gasteiger partial charge >= 0.3 is 0 Å². The largest absolute Gasteiger partial charge is 0.382 e. The molecule has 1 aliphatic carbocycles. The molecule has 0 amide bonds. The number of hydrogen-bond acceptors (Lipinski definition) is 4. The minimum absolute atomic E-state index is 0.471. The fourth-order valence-electron chi connectivity index (χ4n) is 1.90. The van der Waals surface area contributed by atoms with Gasteiger partial charge in [-0.3, -0.25) is 0 Å². The Kier molecular flexibility index (Phi) is 1.68. The zero-order valence-corrected chi connectivity index (χ0v) is 8.57. The summed E-state index contributed by atoms with van der Waals surface area (Å²) < 4.78 is 0. The van der Waals surface area contributed by atoms with Crippen LogP contribution in [0.3, 0.4) is 0 Å². The Morgan fingerprint density at radius 3 is 2.93 bits per heavy atom. The summed E-state index contributed by atoms with van der Waals surface area (Å²) in [5, 5.41) is 0. The van der Waals surface area contributed by atoms with Gasteiger partial charge in [-0.15, -0.1) is 0 Å². The van der Waals surface area contributed by atoms with Gasteiger partial charge < -0.3 is 10.7 Å². The first-order chi connectivity index (χ1) is 7.25. The molecule has 1 saturated carbocycles. The van der Waals surface area contributed by atoms with E-state index in [0.29, 0.717) is 17.4 Å². The molecule has 0 spiro atoms. The molecule has 0 radical (unpaired) electrons. The first-order valence-electron chi connectivity index (χ1n) is 5.22. The van der Waals surface area contributed by atoms with E-state index >= 15 is 0 Å². The third kappa shape index (κ3) is 1.35. The van der Waals surface area contributed by atoms with Crippen LogP contribution in [-0.2, 0) is 0 Å². The minimum atomic E-state index is 0.471. The van der Waals surface area contributed by atoms with Crippen LogP contribution in [0.25, 0.3) is 11.2 Å². The molecule has 3 N–H and O–H groups in total. The van der Waals surface area contributed by atoms with Gasteiger partial charge in [0.15, 0.2) is 11.5 Å². The maximum atomic E-state index is 5.74. The molecule has 0 bridgehead atoms. The lowest BCUT2D eigenvalue weighted by atomic mass is 10.1. The molecule has 2 aromatic heterocycles. The lowest BCUT2D eigenvalue weighted by Gasteiger charge is -2.03. The van der Waals surface area contributed by atoms with Crippen LogP contribution in [0.1, 0.15) is 31.5 Å². The maximum absolute atomic E-state index is 5.74. The molecule has 0 aliphatic heterocycles. The van der Waals surface area contributed by atoms with Crippen LogP contribution >= 0.6 is 0 Å². The van der Waals surface area contributed by atoms with Gasteiger partial charge in [-0.1, -0.05) is 6.92 Å². The molecule has 1 unspecified atom stereocenters. The van der Waals surface area contributed by atoms with E-state index in [1.54, 1.807) is 0 Å². The molecular formula is C10H13N5. The lowest BCUT2D eigenvalue weighted by molar-refractivity contribution is 0.630. The van der Waals surface area contributed by atoms with Gasteiger partial charge in [0.25, 0.3) is 0 Å². The molecule has 1 fully saturated rings. The zero-order valence-electron chi connectivity index (χ0n) is 8.57. The first kappa shape index (κ1) is 8.64. The Balaban J connectivity index is 2.09. The highest BCUT2D eigenvalue weighted by Gasteiger charge is 2.31. The maximum Gasteiger partial charge on any atom is 0.183 e. The summed E-state index contributed by atoms with van der Waals surface area (Å²) in [6, 6.07) is 0. The van der Waals surface area contributed by atoms with E-state index in [2.05, 4.69) is 26.9 Å². The van der Waals surface area contributed by atoms with E-state index < -0.39 is 0 Å². The number of aromatic amines is 1. The second-order valence-corrected chi connectivity index (χ2v) is 4.21. The van der Waals surface area contributed by atoms with Gasteiger partial charge in [0.05, 0.1) is 0 Å². The van der Waals surface area contributed by atoms with Gasteiger partial charge in [0.2, 0.25) is 0 Å². The van der Waals surface area contributed by atoms with Crippen molar-refractivity contribution < 1.29 is 0 Å². The summed E-state index contributed by atoms with van der Waals surface area (Å²) in [6.07, 6.45) is 4.06. The molecule has 5 nitrogen and oxygen atoms in total. The SMILES string of the molecule is CC(c1nc2ncnc(N)c2[nH]1)C1CC1. The van der Waals surface area contributed by atoms with Crippen molar-refractivity contribution in [3.05, 3.63) is 12.2 Å². The minimum Gasteiger partial charge on any atom is -0.382 e. The van der Waals surface area contributed by atoms with Crippen LogP contribution in [0, 0.1) is 5.92 Å². The average Bonchev–Trinajstić information content (AvgIpc) is 2.97. The number of fused-ring (bicyclic) bond motifs is 1. The summed E-state index contributed by atoms with van der Waals surface area (Å²) in [4.78, 5) is 15.7. The van der Waals surface area contributed by atoms with Gasteiger partial charge in [0, 0.05) is 5.92 Å². The van der Waals surface area contributed by atoms with Crippen LogP contribution in [-0.4, -0.2) is 19.9 Å². The standard InChI is InChI=1S/C10H13N5/c1-5(6-2-3-6)9-14-7-8(11)12-4-13-10(7)15-9/h4-6H,2-3H2,1H3,(H3,11,12,13,14,15). The molecule has 5 heteroatoms. The third-order valence-corrected chi connectivity index (χ3v) is 3.10. The third-order valence-electron chi connectivity index (χ3n) is 3.10. The van der Waals surface area contributed by atoms with E-state index in [0.717, 1.165) is 17.3 Å². The highest BCUT2D eigenvalue weighted by atomic mass is 15.0. The number of nitrogen functional groups attached to an aromatic ring is 1. The van der Waals surface area contributed by atoms with E-state index in [-0.39, 0.29) is 0 Å². The quantitative estimate of drug-likeness (QED) is 0.774. The number of hydrogen-bond donors (Lipinski definition) is 2. The molecule has 1 aliphatic rings. The summed E-state index contributed by atoms with van der Waals surface area (Å²) in [7, 11) is 0. The molecule has 2 heterocycles. The van der Waals surface area contributed by atoms with Crippen molar-refractivity contribution in [1.82, 2.24) is 19.9 Å². The number of anilines is 1. The Hall–Kier alpha value is -1.65. The fraction of sp³-hybridized carbons (Fsp3) is 0.500. The molecule has 2 aromatic rings. The van der Waals surface area contributed by atoms with E-state index in [1.165, 1.54) is 19.2 Å². The van der Waals surface area contributed by atoms with Crippen molar-refractivity contribution in [2.45, 2.75) is 25.7 Å². The smallest absolute Gasteiger partial charge is 0.183 e. The van der Waals surface area contributed by atoms with E-state index in [4.69, 9.17) is 5.73 Å². The Morgan fingerprint density at radius 1 is 1.47 bits per heavy atom. The normalized spacial score (nSPS) is 18.2. The van der Waals surface area contributed by atoms with Crippen molar-refractivity contribution in [3.8, 4) is 0 Å². The van der Waals surface area contributed by atoms with Crippen LogP contribution in [0.2, 0.25) is 0 Å². The second kappa shape index (κ2) is 2.92. The van der Waals surface area contributed by atoms with E-state index in [1.807, 2.05) is 0 Å². The van der Waals surface area contributed by atoms with Crippen molar-refractivity contribution in [1.29, 1.82) is 0 Å². The van der Waals surface area contributed by atoms with Crippen molar-refractivity contribution in [2.24, 2.45) is 5.92 Å². The summed E-state index contributed by atoms with van der Waals surface area (Å²) in [5.41, 5.74) is 7.17. The molecule has 3 rings (SSSR count). The zero-order chi connectivity index (χ0) is 10.4. The molecular weight excluding hydrogens is 190 g/mol. The highest BCUT2D eigenvalue weighted by Crippen LogP contribution is 2.41. The van der Waals surface area contributed by atoms with Crippen molar-refractivity contribution >= 4 is 17.0 Å². The molecule has 78 valence electrons. The predicted molar refractivity (Wildman–Crippen MR) is 57.2 cm³/mol. The first-order valence-corrected chi connectivity index (χ1v) is 5.22. The monoisotopic (exact) mass is 203 g/mol. The summed E-state index contributed by atoms with van der Waals surface area (Å²) in [5.74, 6) is 2.71. The molecule has 1 atom stereocenters. The van der Waals surface area contributed by atoms with Crippen molar-refractivity contribution in [3.63, 3.8) is 0 Å². The van der Waals surface area contributed by atoms with Crippen LogP contribution < -0.4 is 5.73 Å². The predicted octanol–water partition coefficient (Wildman–Crippen LogP) is 1.45. The van der Waals surface area contributed by atoms with E-state index in [9.17, 15) is 0 Å². The highest BCUT2D eigenvalue weighted by molar-refractivity contribution is 5.81. The van der Waals surface area contributed by atoms with Gasteiger partial charge in [-0.25, -0.2) is 15.0 Å². The summed E-state index contributed by atoms with van der Waals surface area (Å²) in [6.45, 7) is 2.19. The number of nitrogens with two attached hydrogens (primary N) is 1. The molecule has 15 heavy (non-hydrogen) atoms. The number of H-pyrrole nitrogens is 1. The average molecular weight is 203 g/mol. The topological polar surface area (TPSA) is 80.5 Å². The fourth-order valence-corrected chi connectivity index (χ4v) is 1.90. The number of aromatic nitrogens is 4. The molecule has 0 aromatic carbocycles. The van der Waals surface area contributed by atoms with Gasteiger partial charge in [-0.05, 0) is 18.8 Å². The van der Waals surface area contributed by atoms with Crippen LogP contribution in [0.15, 0.2) is 6.33 Å². The lowest BCUT2D eigenvalue weighted by Crippen LogP contribution is -1.97. The Morgan fingerprint density at radius 2 is 2.27 bits per heavy atom. The number of imidazole rings is 1. The van der Waals surface area contributed by atoms with Crippen LogP contribution in [0.4, 0.5) is 5.82 Å². The van der Waals surface area contributed by atoms with Gasteiger partial charge in [0.1, 0.15) is 17.7 Å². The van der Waals surface area contributed by atoms with Gasteiger partial charge in [-0.2, -0.15) is 0 Å². The number of rotatable bonds is 2. The number of nitrogens with zero attached hydrogens (tertiary/aromatic N) is 3. The Bertz CT molecular complexity index is 499. The summed E-state index contributed by atoms with van der Waals surface area (Å²) >= 11 is 0. The van der Waals surface area contributed by atoms with Crippen molar-refractivity contribution in [2.75, 3.05) is 5.73 Å².